The van der Waals surface area contributed by atoms with E-state index in [1.165, 1.54) is 13.3 Å². The number of nitrogens with zero attached hydrogens (tertiary/aromatic N) is 1. The first-order valence-corrected chi connectivity index (χ1v) is 9.63. The number of halogens is 1. The average Bonchev–Trinajstić information content (AvgIpc) is 2.70. The number of benzene rings is 2. The molecule has 3 N–H and O–H groups in total. The van der Waals surface area contributed by atoms with E-state index < -0.39 is 5.91 Å². The topological polar surface area (TPSA) is 109 Å². The van der Waals surface area contributed by atoms with E-state index in [0.29, 0.717) is 22.3 Å². The number of rotatable bonds is 9. The molecule has 2 aromatic carbocycles. The summed E-state index contributed by atoms with van der Waals surface area (Å²) in [5, 5.41) is 16.5. The SMILES string of the molecule is CCOc1ccc(NC(=O)CCC(=O)NN=Cc2cc(Br)cc(OC)c2O)cc1. The molecule has 0 aromatic heterocycles. The summed E-state index contributed by atoms with van der Waals surface area (Å²) < 4.78 is 11.1. The Kier molecular flexibility index (Phi) is 8.47. The molecule has 0 radical (unpaired) electrons. The summed E-state index contributed by atoms with van der Waals surface area (Å²) in [6.45, 7) is 2.46. The smallest absolute Gasteiger partial charge is 0.240 e. The van der Waals surface area contributed by atoms with Gasteiger partial charge in [0.25, 0.3) is 0 Å². The molecule has 2 amide bonds. The Balaban J connectivity index is 1.80. The zero-order chi connectivity index (χ0) is 21.2. The number of carbonyl (C=O) groups excluding carboxylic acids is 2. The van der Waals surface area contributed by atoms with Crippen LogP contribution in [-0.2, 0) is 9.59 Å². The second kappa shape index (κ2) is 11.1. The Morgan fingerprint density at radius 1 is 1.17 bits per heavy atom. The van der Waals surface area contributed by atoms with Crippen molar-refractivity contribution >= 4 is 39.6 Å². The van der Waals surface area contributed by atoms with E-state index in [1.54, 1.807) is 36.4 Å². The molecular weight excluding hydrogens is 442 g/mol. The normalized spacial score (nSPS) is 10.6. The maximum atomic E-state index is 12.0. The molecule has 9 heteroatoms. The molecule has 0 saturated heterocycles. The maximum absolute atomic E-state index is 12.0. The highest BCUT2D eigenvalue weighted by molar-refractivity contribution is 9.10. The summed E-state index contributed by atoms with van der Waals surface area (Å²) in [7, 11) is 1.43. The van der Waals surface area contributed by atoms with Crippen LogP contribution in [0.4, 0.5) is 5.69 Å². The van der Waals surface area contributed by atoms with Gasteiger partial charge in [-0.25, -0.2) is 5.43 Å². The van der Waals surface area contributed by atoms with E-state index in [9.17, 15) is 14.7 Å². The fourth-order valence-electron chi connectivity index (χ4n) is 2.33. The van der Waals surface area contributed by atoms with Crippen LogP contribution < -0.4 is 20.2 Å². The lowest BCUT2D eigenvalue weighted by Crippen LogP contribution is -2.20. The summed E-state index contributed by atoms with van der Waals surface area (Å²) in [5.74, 6) is 0.186. The maximum Gasteiger partial charge on any atom is 0.240 e. The van der Waals surface area contributed by atoms with E-state index >= 15 is 0 Å². The third-order valence-corrected chi connectivity index (χ3v) is 4.17. The quantitative estimate of drug-likeness (QED) is 0.389. The second-order valence-corrected chi connectivity index (χ2v) is 6.76. The standard InChI is InChI=1S/C20H22BrN3O5/c1-3-29-16-6-4-15(5-7-16)23-18(25)8-9-19(26)24-22-12-13-10-14(21)11-17(28-2)20(13)27/h4-7,10-12,27H,3,8-9H2,1-2H3,(H,23,25)(H,24,26). The minimum Gasteiger partial charge on any atom is -0.504 e. The number of anilines is 1. The summed E-state index contributed by atoms with van der Waals surface area (Å²) in [4.78, 5) is 23.8. The van der Waals surface area contributed by atoms with Gasteiger partial charge >= 0.3 is 0 Å². The molecule has 2 rings (SSSR count). The molecule has 2 aromatic rings. The van der Waals surface area contributed by atoms with Gasteiger partial charge in [-0.05, 0) is 43.3 Å². The van der Waals surface area contributed by atoms with Gasteiger partial charge in [-0.15, -0.1) is 0 Å². The average molecular weight is 464 g/mol. The molecule has 154 valence electrons. The third kappa shape index (κ3) is 7.11. The first-order valence-electron chi connectivity index (χ1n) is 8.84. The highest BCUT2D eigenvalue weighted by Crippen LogP contribution is 2.32. The monoisotopic (exact) mass is 463 g/mol. The zero-order valence-electron chi connectivity index (χ0n) is 16.1. The molecule has 0 atom stereocenters. The molecule has 0 spiro atoms. The molecule has 29 heavy (non-hydrogen) atoms. The van der Waals surface area contributed by atoms with Crippen LogP contribution in [0.15, 0.2) is 46.0 Å². The summed E-state index contributed by atoms with van der Waals surface area (Å²) >= 11 is 3.30. The number of aromatic hydroxyl groups is 1. The van der Waals surface area contributed by atoms with Gasteiger partial charge in [0, 0.05) is 28.6 Å². The van der Waals surface area contributed by atoms with Gasteiger partial charge in [-0.1, -0.05) is 15.9 Å². The van der Waals surface area contributed by atoms with Crippen molar-refractivity contribution in [3.8, 4) is 17.2 Å². The van der Waals surface area contributed by atoms with Crippen molar-refractivity contribution < 1.29 is 24.2 Å². The number of hydrogen-bond donors (Lipinski definition) is 3. The fraction of sp³-hybridized carbons (Fsp3) is 0.250. The van der Waals surface area contributed by atoms with E-state index in [2.05, 4.69) is 31.8 Å². The molecule has 0 unspecified atom stereocenters. The van der Waals surface area contributed by atoms with Gasteiger partial charge in [0.05, 0.1) is 19.9 Å². The van der Waals surface area contributed by atoms with Crippen molar-refractivity contribution in [2.45, 2.75) is 19.8 Å². The van der Waals surface area contributed by atoms with Gasteiger partial charge < -0.3 is 19.9 Å². The molecule has 0 aliphatic heterocycles. The predicted molar refractivity (Wildman–Crippen MR) is 114 cm³/mol. The zero-order valence-corrected chi connectivity index (χ0v) is 17.7. The number of hydrogen-bond acceptors (Lipinski definition) is 6. The fourth-order valence-corrected chi connectivity index (χ4v) is 2.78. The van der Waals surface area contributed by atoms with Gasteiger partial charge in [0.1, 0.15) is 5.75 Å². The number of hydrazone groups is 1. The van der Waals surface area contributed by atoms with E-state index in [1.807, 2.05) is 6.92 Å². The second-order valence-electron chi connectivity index (χ2n) is 5.84. The number of nitrogens with one attached hydrogen (secondary N) is 2. The van der Waals surface area contributed by atoms with E-state index in [4.69, 9.17) is 9.47 Å². The van der Waals surface area contributed by atoms with Crippen LogP contribution in [-0.4, -0.2) is 36.9 Å². The summed E-state index contributed by atoms with van der Waals surface area (Å²) in [6, 6.07) is 10.2. The number of phenolic OH excluding ortho intramolecular Hbond substituents is 1. The van der Waals surface area contributed by atoms with Crippen molar-refractivity contribution in [3.63, 3.8) is 0 Å². The van der Waals surface area contributed by atoms with Gasteiger partial charge in [-0.2, -0.15) is 5.10 Å². The van der Waals surface area contributed by atoms with Crippen LogP contribution in [0.25, 0.3) is 0 Å². The molecule has 8 nitrogen and oxygen atoms in total. The molecule has 0 bridgehead atoms. The van der Waals surface area contributed by atoms with Crippen LogP contribution in [0.5, 0.6) is 17.2 Å². The Bertz CT molecular complexity index is 884. The largest absolute Gasteiger partial charge is 0.504 e. The summed E-state index contributed by atoms with van der Waals surface area (Å²) in [5.41, 5.74) is 3.31. The first-order chi connectivity index (χ1) is 13.9. The van der Waals surface area contributed by atoms with Crippen LogP contribution in [0.1, 0.15) is 25.3 Å². The van der Waals surface area contributed by atoms with Gasteiger partial charge in [0.2, 0.25) is 11.8 Å². The number of amides is 2. The Labute approximate surface area is 177 Å². The van der Waals surface area contributed by atoms with Crippen molar-refractivity contribution in [1.82, 2.24) is 5.43 Å². The highest BCUT2D eigenvalue weighted by Gasteiger charge is 2.09. The molecular formula is C20H22BrN3O5. The Morgan fingerprint density at radius 3 is 2.52 bits per heavy atom. The molecule has 0 fully saturated rings. The Hall–Kier alpha value is -3.07. The van der Waals surface area contributed by atoms with E-state index in [0.717, 1.165) is 5.75 Å². The van der Waals surface area contributed by atoms with Crippen molar-refractivity contribution in [2.75, 3.05) is 19.0 Å². The minimum absolute atomic E-state index is 0.00449. The van der Waals surface area contributed by atoms with Crippen LogP contribution in [0.3, 0.4) is 0 Å². The van der Waals surface area contributed by atoms with Crippen LogP contribution in [0, 0.1) is 0 Å². The Morgan fingerprint density at radius 2 is 1.86 bits per heavy atom. The van der Waals surface area contributed by atoms with Crippen molar-refractivity contribution in [1.29, 1.82) is 0 Å². The number of methoxy groups -OCH3 is 1. The van der Waals surface area contributed by atoms with E-state index in [-0.39, 0.29) is 30.2 Å². The predicted octanol–water partition coefficient (Wildman–Crippen LogP) is 3.43. The number of phenols is 1. The lowest BCUT2D eigenvalue weighted by Gasteiger charge is -2.07. The highest BCUT2D eigenvalue weighted by atomic mass is 79.9. The van der Waals surface area contributed by atoms with Gasteiger partial charge in [-0.3, -0.25) is 9.59 Å². The third-order valence-electron chi connectivity index (χ3n) is 3.71. The number of ether oxygens (including phenoxy) is 2. The van der Waals surface area contributed by atoms with Crippen molar-refractivity contribution in [3.05, 3.63) is 46.4 Å². The van der Waals surface area contributed by atoms with Gasteiger partial charge in [0.15, 0.2) is 11.5 Å². The summed E-state index contributed by atoms with van der Waals surface area (Å²) in [6.07, 6.45) is 1.26. The number of carbonyl (C=O) groups is 2. The lowest BCUT2D eigenvalue weighted by atomic mass is 10.2. The van der Waals surface area contributed by atoms with Crippen LogP contribution >= 0.6 is 15.9 Å². The molecule has 0 heterocycles. The molecule has 0 saturated carbocycles. The first kappa shape index (κ1) is 22.2. The lowest BCUT2D eigenvalue weighted by molar-refractivity contribution is -0.124. The molecule has 0 aliphatic carbocycles. The van der Waals surface area contributed by atoms with Crippen molar-refractivity contribution in [2.24, 2.45) is 5.10 Å². The molecule has 0 aliphatic rings. The van der Waals surface area contributed by atoms with Crippen LogP contribution in [0.2, 0.25) is 0 Å². The minimum atomic E-state index is -0.426.